The second-order valence-electron chi connectivity index (χ2n) is 8.47. The number of carbonyl (C=O) groups is 2. The van der Waals surface area contributed by atoms with Gasteiger partial charge in [0, 0.05) is 55.4 Å². The van der Waals surface area contributed by atoms with Gasteiger partial charge in [0.1, 0.15) is 6.04 Å². The number of ketones is 1. The molecule has 1 atom stereocenters. The number of aryl methyl sites for hydroxylation is 1. The lowest BCUT2D eigenvalue weighted by Crippen LogP contribution is -2.57. The summed E-state index contributed by atoms with van der Waals surface area (Å²) in [5, 5.41) is 7.82. The van der Waals surface area contributed by atoms with Gasteiger partial charge in [-0.25, -0.2) is 9.50 Å². The molecule has 10 nitrogen and oxygen atoms in total. The molecular formula is C26H26N6O4. The number of aromatic nitrogens is 4. The van der Waals surface area contributed by atoms with E-state index in [1.165, 1.54) is 0 Å². The van der Waals surface area contributed by atoms with Gasteiger partial charge in [-0.2, -0.15) is 5.10 Å². The van der Waals surface area contributed by atoms with E-state index in [-0.39, 0.29) is 17.4 Å². The van der Waals surface area contributed by atoms with E-state index in [1.54, 1.807) is 54.4 Å². The van der Waals surface area contributed by atoms with Crippen molar-refractivity contribution in [2.24, 2.45) is 0 Å². The number of ether oxygens (including phenoxy) is 2. The zero-order valence-electron chi connectivity index (χ0n) is 20.3. The molecule has 0 spiro atoms. The van der Waals surface area contributed by atoms with Crippen molar-refractivity contribution >= 4 is 17.3 Å². The summed E-state index contributed by atoms with van der Waals surface area (Å²) in [6.45, 7) is 3.19. The molecule has 3 aromatic heterocycles. The van der Waals surface area contributed by atoms with Crippen LogP contribution < -0.4 is 14.8 Å². The monoisotopic (exact) mass is 486 g/mol. The third-order valence-electron chi connectivity index (χ3n) is 6.35. The largest absolute Gasteiger partial charge is 0.493 e. The normalized spacial score (nSPS) is 15.6. The Bertz CT molecular complexity index is 1450. The van der Waals surface area contributed by atoms with Crippen LogP contribution in [0.2, 0.25) is 0 Å². The molecule has 184 valence electrons. The maximum absolute atomic E-state index is 13.6. The second-order valence-corrected chi connectivity index (χ2v) is 8.47. The molecule has 0 aliphatic carbocycles. The molecule has 5 rings (SSSR count). The van der Waals surface area contributed by atoms with Crippen LogP contribution in [0.4, 0.5) is 0 Å². The minimum absolute atomic E-state index is 0.122. The molecule has 1 aromatic carbocycles. The van der Waals surface area contributed by atoms with Crippen molar-refractivity contribution in [3.63, 3.8) is 0 Å². The van der Waals surface area contributed by atoms with Gasteiger partial charge in [0.25, 0.3) is 5.91 Å². The number of amides is 1. The van der Waals surface area contributed by atoms with E-state index in [2.05, 4.69) is 20.4 Å². The van der Waals surface area contributed by atoms with E-state index in [9.17, 15) is 9.59 Å². The number of benzene rings is 1. The van der Waals surface area contributed by atoms with Crippen LogP contribution in [0.1, 0.15) is 26.4 Å². The number of nitrogens with one attached hydrogen (secondary N) is 1. The van der Waals surface area contributed by atoms with Gasteiger partial charge >= 0.3 is 0 Å². The summed E-state index contributed by atoms with van der Waals surface area (Å²) < 4.78 is 12.4. The molecule has 1 fully saturated rings. The lowest BCUT2D eigenvalue weighted by atomic mass is 9.98. The van der Waals surface area contributed by atoms with E-state index < -0.39 is 6.04 Å². The zero-order chi connectivity index (χ0) is 25.2. The summed E-state index contributed by atoms with van der Waals surface area (Å²) in [4.78, 5) is 37.1. The fourth-order valence-corrected chi connectivity index (χ4v) is 4.47. The van der Waals surface area contributed by atoms with E-state index >= 15 is 0 Å². The van der Waals surface area contributed by atoms with Gasteiger partial charge in [0.15, 0.2) is 28.6 Å². The van der Waals surface area contributed by atoms with Crippen molar-refractivity contribution in [1.29, 1.82) is 0 Å². The third-order valence-corrected chi connectivity index (χ3v) is 6.35. The molecule has 36 heavy (non-hydrogen) atoms. The minimum Gasteiger partial charge on any atom is -0.493 e. The van der Waals surface area contributed by atoms with E-state index in [0.717, 1.165) is 16.8 Å². The highest BCUT2D eigenvalue weighted by Gasteiger charge is 2.34. The molecular weight excluding hydrogens is 460 g/mol. The first-order valence-electron chi connectivity index (χ1n) is 11.6. The molecule has 1 N–H and O–H groups in total. The van der Waals surface area contributed by atoms with Crippen molar-refractivity contribution in [3.05, 3.63) is 71.8 Å². The number of rotatable bonds is 6. The highest BCUT2D eigenvalue weighted by molar-refractivity contribution is 6.05. The summed E-state index contributed by atoms with van der Waals surface area (Å²) in [5.41, 5.74) is 3.64. The summed E-state index contributed by atoms with van der Waals surface area (Å²) in [6, 6.07) is 10.1. The number of hydrogen-bond donors (Lipinski definition) is 1. The highest BCUT2D eigenvalue weighted by Crippen LogP contribution is 2.32. The summed E-state index contributed by atoms with van der Waals surface area (Å²) in [6.07, 6.45) is 4.91. The average molecular weight is 487 g/mol. The summed E-state index contributed by atoms with van der Waals surface area (Å²) in [5.74, 6) is 0.757. The first-order chi connectivity index (χ1) is 17.5. The van der Waals surface area contributed by atoms with E-state index in [1.807, 2.05) is 31.2 Å². The van der Waals surface area contributed by atoms with Gasteiger partial charge < -0.3 is 19.7 Å². The maximum atomic E-state index is 13.6. The fraction of sp³-hybridized carbons (Fsp3) is 0.269. The topological polar surface area (TPSA) is 111 Å². The average Bonchev–Trinajstić information content (AvgIpc) is 3.37. The van der Waals surface area contributed by atoms with Crippen LogP contribution in [0.25, 0.3) is 16.9 Å². The number of carbonyl (C=O) groups excluding carboxylic acids is 2. The SMILES string of the molecule is COc1ccc(-c2ccnc3cc(C(=O)N4CCNC[C@H]4C(=O)c4ccncc4C)nn23)cc1OC. The van der Waals surface area contributed by atoms with Gasteiger partial charge in [-0.15, -0.1) is 0 Å². The molecule has 0 saturated carbocycles. The van der Waals surface area contributed by atoms with Gasteiger partial charge in [-0.05, 0) is 42.8 Å². The predicted molar refractivity (Wildman–Crippen MR) is 133 cm³/mol. The Hall–Kier alpha value is -4.31. The Morgan fingerprint density at radius 1 is 1.06 bits per heavy atom. The standard InChI is InChI=1S/C26H26N6O4/c1-16-14-27-8-6-18(16)25(33)21-15-28-10-11-31(21)26(34)19-13-24-29-9-7-20(32(24)30-19)17-4-5-22(35-2)23(12-17)36-3/h4-9,12-14,21,28H,10-11,15H2,1-3H3/t21-/m0/s1. The maximum Gasteiger partial charge on any atom is 0.275 e. The highest BCUT2D eigenvalue weighted by atomic mass is 16.5. The molecule has 1 saturated heterocycles. The lowest BCUT2D eigenvalue weighted by molar-refractivity contribution is 0.0565. The minimum atomic E-state index is -0.643. The Kier molecular flexibility index (Phi) is 6.34. The van der Waals surface area contributed by atoms with Gasteiger partial charge in [-0.1, -0.05) is 0 Å². The fourth-order valence-electron chi connectivity index (χ4n) is 4.47. The van der Waals surface area contributed by atoms with Crippen LogP contribution in [0.3, 0.4) is 0 Å². The van der Waals surface area contributed by atoms with Crippen LogP contribution in [-0.2, 0) is 0 Å². The molecule has 4 heterocycles. The van der Waals surface area contributed by atoms with Gasteiger partial charge in [-0.3, -0.25) is 14.6 Å². The van der Waals surface area contributed by atoms with Crippen LogP contribution in [0.5, 0.6) is 11.5 Å². The molecule has 1 aliphatic rings. The third kappa shape index (κ3) is 4.16. The smallest absolute Gasteiger partial charge is 0.275 e. The number of nitrogens with zero attached hydrogens (tertiary/aromatic N) is 5. The lowest BCUT2D eigenvalue weighted by Gasteiger charge is -2.35. The van der Waals surface area contributed by atoms with Crippen LogP contribution >= 0.6 is 0 Å². The van der Waals surface area contributed by atoms with Crippen molar-refractivity contribution in [2.45, 2.75) is 13.0 Å². The van der Waals surface area contributed by atoms with E-state index in [4.69, 9.17) is 9.47 Å². The molecule has 0 bridgehead atoms. The predicted octanol–water partition coefficient (Wildman–Crippen LogP) is 2.41. The molecule has 0 unspecified atom stereocenters. The van der Waals surface area contributed by atoms with Crippen LogP contribution in [0.15, 0.2) is 55.0 Å². The zero-order valence-corrected chi connectivity index (χ0v) is 20.3. The van der Waals surface area contributed by atoms with Gasteiger partial charge in [0.05, 0.1) is 19.9 Å². The number of Topliss-reactive ketones (excluding diaryl/α,β-unsaturated/α-hetero) is 1. The quantitative estimate of drug-likeness (QED) is 0.414. The second kappa shape index (κ2) is 9.74. The van der Waals surface area contributed by atoms with Crippen molar-refractivity contribution in [3.8, 4) is 22.8 Å². The first-order valence-corrected chi connectivity index (χ1v) is 11.6. The van der Waals surface area contributed by atoms with Crippen LogP contribution in [-0.4, -0.2) is 76.1 Å². The number of piperazine rings is 1. The van der Waals surface area contributed by atoms with Crippen molar-refractivity contribution < 1.29 is 19.1 Å². The summed E-state index contributed by atoms with van der Waals surface area (Å²) in [7, 11) is 3.16. The first kappa shape index (κ1) is 23.4. The molecule has 10 heteroatoms. The Morgan fingerprint density at radius 2 is 1.89 bits per heavy atom. The van der Waals surface area contributed by atoms with Crippen molar-refractivity contribution in [1.82, 2.24) is 29.8 Å². The van der Waals surface area contributed by atoms with Crippen molar-refractivity contribution in [2.75, 3.05) is 33.9 Å². The summed E-state index contributed by atoms with van der Waals surface area (Å²) >= 11 is 0. The number of hydrogen-bond acceptors (Lipinski definition) is 8. The molecule has 1 amide bonds. The number of pyridine rings is 1. The molecule has 0 radical (unpaired) electrons. The Morgan fingerprint density at radius 3 is 2.67 bits per heavy atom. The van der Waals surface area contributed by atoms with E-state index in [0.29, 0.717) is 42.3 Å². The Balaban J connectivity index is 1.50. The Labute approximate surface area is 207 Å². The number of fused-ring (bicyclic) bond motifs is 1. The number of methoxy groups -OCH3 is 2. The molecule has 1 aliphatic heterocycles. The van der Waals surface area contributed by atoms with Gasteiger partial charge in [0.2, 0.25) is 0 Å². The van der Waals surface area contributed by atoms with Crippen LogP contribution in [0, 0.1) is 6.92 Å². The molecule has 4 aromatic rings.